The average molecular weight is 325 g/mol. The summed E-state index contributed by atoms with van der Waals surface area (Å²) in [5, 5.41) is 9.60. The standard InChI is InChI=1S/C19H36O2Si/c1-6-22(7-2,8-3)21-18-10-9-13-19(5)16(15(4)14-20)11-12-17(18)19/h11,15,17-18,20H,6-10,12-14H2,1-5H3/t15-,17+,18+,19-/m1/s1. The first-order valence-electron chi connectivity index (χ1n) is 9.45. The third kappa shape index (κ3) is 3.09. The Morgan fingerprint density at radius 1 is 1.32 bits per heavy atom. The molecule has 4 atom stereocenters. The molecule has 0 spiro atoms. The smallest absolute Gasteiger partial charge is 0.192 e. The van der Waals surface area contributed by atoms with Crippen LogP contribution >= 0.6 is 0 Å². The Kier molecular flexibility index (Phi) is 5.95. The molecule has 0 unspecified atom stereocenters. The van der Waals surface area contributed by atoms with Crippen LogP contribution in [0.1, 0.15) is 60.3 Å². The zero-order valence-electron chi connectivity index (χ0n) is 15.3. The summed E-state index contributed by atoms with van der Waals surface area (Å²) >= 11 is 0. The first kappa shape index (κ1) is 18.2. The Morgan fingerprint density at radius 2 is 1.95 bits per heavy atom. The van der Waals surface area contributed by atoms with Crippen molar-refractivity contribution in [2.45, 2.75) is 84.5 Å². The van der Waals surface area contributed by atoms with Gasteiger partial charge in [0.15, 0.2) is 8.32 Å². The highest BCUT2D eigenvalue weighted by molar-refractivity contribution is 6.73. The van der Waals surface area contributed by atoms with E-state index in [1.165, 1.54) is 43.0 Å². The monoisotopic (exact) mass is 324 g/mol. The average Bonchev–Trinajstić information content (AvgIpc) is 2.90. The van der Waals surface area contributed by atoms with Gasteiger partial charge in [-0.05, 0) is 48.7 Å². The molecule has 0 aromatic carbocycles. The highest BCUT2D eigenvalue weighted by atomic mass is 28.4. The van der Waals surface area contributed by atoms with Crippen molar-refractivity contribution >= 4 is 8.32 Å². The van der Waals surface area contributed by atoms with Gasteiger partial charge in [-0.25, -0.2) is 0 Å². The molecule has 2 aliphatic rings. The largest absolute Gasteiger partial charge is 0.414 e. The van der Waals surface area contributed by atoms with Crippen molar-refractivity contribution in [2.75, 3.05) is 6.61 Å². The van der Waals surface area contributed by atoms with Crippen molar-refractivity contribution in [1.29, 1.82) is 0 Å². The summed E-state index contributed by atoms with van der Waals surface area (Å²) < 4.78 is 6.91. The molecule has 0 aromatic heterocycles. The zero-order valence-corrected chi connectivity index (χ0v) is 16.3. The van der Waals surface area contributed by atoms with E-state index in [1.54, 1.807) is 0 Å². The van der Waals surface area contributed by atoms with Crippen LogP contribution in [0, 0.1) is 17.3 Å². The minimum absolute atomic E-state index is 0.264. The van der Waals surface area contributed by atoms with Crippen LogP contribution in [-0.4, -0.2) is 26.1 Å². The molecule has 128 valence electrons. The van der Waals surface area contributed by atoms with Gasteiger partial charge in [0.2, 0.25) is 0 Å². The molecule has 0 bridgehead atoms. The molecule has 1 N–H and O–H groups in total. The number of hydrogen-bond donors (Lipinski definition) is 1. The molecule has 0 saturated heterocycles. The van der Waals surface area contributed by atoms with Gasteiger partial charge in [0.05, 0.1) is 0 Å². The Balaban J connectivity index is 2.17. The Morgan fingerprint density at radius 3 is 2.50 bits per heavy atom. The minimum Gasteiger partial charge on any atom is -0.414 e. The molecular weight excluding hydrogens is 288 g/mol. The number of rotatable bonds is 7. The molecule has 0 aliphatic heterocycles. The molecule has 0 heterocycles. The predicted molar refractivity (Wildman–Crippen MR) is 96.5 cm³/mol. The van der Waals surface area contributed by atoms with Crippen LogP contribution in [0.5, 0.6) is 0 Å². The number of hydrogen-bond acceptors (Lipinski definition) is 2. The molecule has 2 nitrogen and oxygen atoms in total. The lowest BCUT2D eigenvalue weighted by Gasteiger charge is -2.47. The van der Waals surface area contributed by atoms with Gasteiger partial charge in [-0.3, -0.25) is 0 Å². The van der Waals surface area contributed by atoms with E-state index in [0.29, 0.717) is 17.9 Å². The summed E-state index contributed by atoms with van der Waals surface area (Å²) in [7, 11) is -1.53. The van der Waals surface area contributed by atoms with Gasteiger partial charge in [0.1, 0.15) is 0 Å². The van der Waals surface area contributed by atoms with E-state index >= 15 is 0 Å². The van der Waals surface area contributed by atoms with Crippen molar-refractivity contribution in [3.8, 4) is 0 Å². The summed E-state index contributed by atoms with van der Waals surface area (Å²) in [5.74, 6) is 0.945. The fourth-order valence-electron chi connectivity index (χ4n) is 5.05. The van der Waals surface area contributed by atoms with Crippen LogP contribution in [-0.2, 0) is 4.43 Å². The third-order valence-corrected chi connectivity index (χ3v) is 11.5. The SMILES string of the molecule is CC[Si](CC)(CC)O[C@H]1CCC[C@]2(C)C([C@H](C)CO)=CC[C@@H]12. The van der Waals surface area contributed by atoms with Crippen LogP contribution < -0.4 is 0 Å². The van der Waals surface area contributed by atoms with Gasteiger partial charge < -0.3 is 9.53 Å². The van der Waals surface area contributed by atoms with Gasteiger partial charge >= 0.3 is 0 Å². The van der Waals surface area contributed by atoms with E-state index in [0.717, 1.165) is 6.42 Å². The van der Waals surface area contributed by atoms with Crippen LogP contribution in [0.3, 0.4) is 0 Å². The molecule has 1 saturated carbocycles. The van der Waals surface area contributed by atoms with Crippen LogP contribution in [0.4, 0.5) is 0 Å². The van der Waals surface area contributed by atoms with E-state index in [4.69, 9.17) is 4.43 Å². The van der Waals surface area contributed by atoms with Crippen molar-refractivity contribution in [3.05, 3.63) is 11.6 Å². The molecule has 22 heavy (non-hydrogen) atoms. The number of allylic oxidation sites excluding steroid dienone is 1. The second kappa shape index (κ2) is 7.19. The number of aliphatic hydroxyl groups is 1. The Labute approximate surface area is 138 Å². The predicted octanol–water partition coefficient (Wildman–Crippen LogP) is 5.14. The maximum atomic E-state index is 9.60. The second-order valence-electron chi connectivity index (χ2n) is 7.79. The van der Waals surface area contributed by atoms with E-state index in [1.807, 2.05) is 0 Å². The summed E-state index contributed by atoms with van der Waals surface area (Å²) in [5.41, 5.74) is 1.77. The minimum atomic E-state index is -1.53. The lowest BCUT2D eigenvalue weighted by Crippen LogP contribution is -2.48. The van der Waals surface area contributed by atoms with Gasteiger partial charge in [-0.2, -0.15) is 0 Å². The van der Waals surface area contributed by atoms with Gasteiger partial charge in [-0.15, -0.1) is 0 Å². The van der Waals surface area contributed by atoms with Gasteiger partial charge in [-0.1, -0.05) is 52.7 Å². The van der Waals surface area contributed by atoms with E-state index < -0.39 is 8.32 Å². The fraction of sp³-hybridized carbons (Fsp3) is 0.895. The van der Waals surface area contributed by atoms with E-state index in [9.17, 15) is 5.11 Å². The van der Waals surface area contributed by atoms with Crippen molar-refractivity contribution in [2.24, 2.45) is 17.3 Å². The van der Waals surface area contributed by atoms with E-state index in [2.05, 4.69) is 40.7 Å². The van der Waals surface area contributed by atoms with Crippen molar-refractivity contribution in [1.82, 2.24) is 0 Å². The highest BCUT2D eigenvalue weighted by Gasteiger charge is 2.50. The maximum Gasteiger partial charge on any atom is 0.192 e. The van der Waals surface area contributed by atoms with Crippen LogP contribution in [0.2, 0.25) is 18.1 Å². The molecule has 1 fully saturated rings. The molecular formula is C19H36O2Si. The Bertz CT molecular complexity index is 394. The normalized spacial score (nSPS) is 33.5. The van der Waals surface area contributed by atoms with Crippen LogP contribution in [0.25, 0.3) is 0 Å². The molecule has 0 aromatic rings. The Hall–Kier alpha value is -0.123. The molecule has 2 rings (SSSR count). The summed E-state index contributed by atoms with van der Waals surface area (Å²) in [6, 6.07) is 3.73. The fourth-order valence-corrected chi connectivity index (χ4v) is 7.97. The number of fused-ring (bicyclic) bond motifs is 1. The highest BCUT2D eigenvalue weighted by Crippen LogP contribution is 2.55. The summed E-state index contributed by atoms with van der Waals surface area (Å²) in [6.07, 6.45) is 7.82. The zero-order chi connectivity index (χ0) is 16.4. The first-order valence-corrected chi connectivity index (χ1v) is 12.0. The molecule has 2 aliphatic carbocycles. The van der Waals surface area contributed by atoms with E-state index in [-0.39, 0.29) is 12.0 Å². The number of aliphatic hydroxyl groups excluding tert-OH is 1. The van der Waals surface area contributed by atoms with Gasteiger partial charge in [0.25, 0.3) is 0 Å². The molecule has 0 amide bonds. The third-order valence-electron chi connectivity index (χ3n) is 6.84. The molecule has 0 radical (unpaired) electrons. The van der Waals surface area contributed by atoms with Gasteiger partial charge in [0, 0.05) is 18.6 Å². The van der Waals surface area contributed by atoms with Crippen molar-refractivity contribution < 1.29 is 9.53 Å². The second-order valence-corrected chi connectivity index (χ2v) is 12.5. The topological polar surface area (TPSA) is 29.5 Å². The maximum absolute atomic E-state index is 9.60. The van der Waals surface area contributed by atoms with Crippen molar-refractivity contribution in [3.63, 3.8) is 0 Å². The quantitative estimate of drug-likeness (QED) is 0.519. The summed E-state index contributed by atoms with van der Waals surface area (Å²) in [4.78, 5) is 0. The lowest BCUT2D eigenvalue weighted by atomic mass is 9.63. The first-order chi connectivity index (χ1) is 10.5. The molecule has 3 heteroatoms. The van der Waals surface area contributed by atoms with Crippen LogP contribution in [0.15, 0.2) is 11.6 Å². The lowest BCUT2D eigenvalue weighted by molar-refractivity contribution is 0.0160. The summed E-state index contributed by atoms with van der Waals surface area (Å²) in [6.45, 7) is 11.9.